The van der Waals surface area contributed by atoms with Crippen LogP contribution in [0.3, 0.4) is 0 Å². The molecular weight excluding hydrogens is 573 g/mol. The third kappa shape index (κ3) is 2.47. The quantitative estimate of drug-likeness (QED) is 0.258. The van der Waals surface area contributed by atoms with E-state index in [0.717, 1.165) is 29.4 Å². The number of nitrogens with zero attached hydrogens (tertiary/aromatic N) is 3. The number of pyridine rings is 1. The fourth-order valence-electron chi connectivity index (χ4n) is 4.22. The summed E-state index contributed by atoms with van der Waals surface area (Å²) in [4.78, 5) is 0. The van der Waals surface area contributed by atoms with Gasteiger partial charge in [-0.3, -0.25) is 0 Å². The highest BCUT2D eigenvalue weighted by atomic mass is 127. The molecule has 0 atom stereocenters. The summed E-state index contributed by atoms with van der Waals surface area (Å²) in [5.41, 5.74) is 6.19. The summed E-state index contributed by atoms with van der Waals surface area (Å²) >= 11 is 4.38. The van der Waals surface area contributed by atoms with Gasteiger partial charge >= 0.3 is 6.97 Å². The summed E-state index contributed by atoms with van der Waals surface area (Å²) in [6.45, 7) is 3.52. The average Bonchev–Trinajstić information content (AvgIpc) is 2.98. The summed E-state index contributed by atoms with van der Waals surface area (Å²) in [6.07, 6.45) is 3.92. The Morgan fingerprint density at radius 3 is 2.22 bits per heavy atom. The SMILES string of the molecule is CC1=C(I)C(C)=[N+]2C1=C(c1cc[n+](C)cc1)c1c(C)c(I)c(C)n1[B-]2(F)F. The molecule has 0 saturated carbocycles. The van der Waals surface area contributed by atoms with Gasteiger partial charge in [0.1, 0.15) is 12.8 Å². The number of hydrogen-bond donors (Lipinski definition) is 0. The minimum atomic E-state index is -3.95. The third-order valence-electron chi connectivity index (χ3n) is 5.57. The molecule has 2 aromatic rings. The highest BCUT2D eigenvalue weighted by Gasteiger charge is 2.56. The highest BCUT2D eigenvalue weighted by molar-refractivity contribution is 14.1. The Bertz CT molecular complexity index is 1110. The standard InChI is InChI=1S/C19H19BF2I2N3/c1-10-16(23)12(3)26-18(10)15(14-6-8-25(5)9-7-14)19-11(2)17(24)13(4)27(19)20(26,21)22/h6-9H,1-5H3/q+1. The van der Waals surface area contributed by atoms with Crippen LogP contribution in [0.1, 0.15) is 36.4 Å². The Balaban J connectivity index is 2.22. The van der Waals surface area contributed by atoms with Gasteiger partial charge in [-0.25, -0.2) is 4.57 Å². The van der Waals surface area contributed by atoms with Gasteiger partial charge in [-0.05, 0) is 77.2 Å². The maximum atomic E-state index is 15.8. The minimum Gasteiger partial charge on any atom is -0.392 e. The molecular formula is C19H19BF2I2N3+. The molecule has 0 radical (unpaired) electrons. The summed E-state index contributed by atoms with van der Waals surface area (Å²) < 4.78 is 37.9. The van der Waals surface area contributed by atoms with E-state index in [2.05, 4.69) is 45.2 Å². The molecule has 0 bridgehead atoms. The maximum absolute atomic E-state index is 15.8. The second-order valence-corrected chi connectivity index (χ2v) is 9.36. The zero-order valence-electron chi connectivity index (χ0n) is 15.7. The van der Waals surface area contributed by atoms with Crippen LogP contribution in [-0.4, -0.2) is 21.6 Å². The largest absolute Gasteiger partial charge is 0.737 e. The molecule has 0 amide bonds. The Labute approximate surface area is 184 Å². The molecule has 0 N–H and O–H groups in total. The lowest BCUT2D eigenvalue weighted by Crippen LogP contribution is -2.51. The van der Waals surface area contributed by atoms with Crippen molar-refractivity contribution in [3.8, 4) is 0 Å². The lowest BCUT2D eigenvalue weighted by atomic mass is 9.84. The molecule has 0 saturated heterocycles. The Morgan fingerprint density at radius 2 is 1.63 bits per heavy atom. The maximum Gasteiger partial charge on any atom is 0.737 e. The van der Waals surface area contributed by atoms with E-state index < -0.39 is 6.97 Å². The molecule has 2 aliphatic heterocycles. The van der Waals surface area contributed by atoms with Crippen LogP contribution in [0.2, 0.25) is 0 Å². The number of fused-ring (bicyclic) bond motifs is 2. The van der Waals surface area contributed by atoms with Gasteiger partial charge < -0.3 is 17.6 Å². The average molecular weight is 592 g/mol. The van der Waals surface area contributed by atoms with Crippen LogP contribution >= 0.6 is 45.2 Å². The first-order valence-electron chi connectivity index (χ1n) is 8.68. The van der Waals surface area contributed by atoms with Crippen LogP contribution in [0.25, 0.3) is 5.57 Å². The zero-order chi connectivity index (χ0) is 19.8. The summed E-state index contributed by atoms with van der Waals surface area (Å²) in [6, 6.07) is 4.01. The second-order valence-electron chi connectivity index (χ2n) is 7.20. The third-order valence-corrected chi connectivity index (χ3v) is 8.75. The van der Waals surface area contributed by atoms with Crippen LogP contribution in [0.5, 0.6) is 0 Å². The molecule has 0 unspecified atom stereocenters. The lowest BCUT2D eigenvalue weighted by Gasteiger charge is -2.33. The molecule has 4 rings (SSSR count). The molecule has 27 heavy (non-hydrogen) atoms. The van der Waals surface area contributed by atoms with Gasteiger partial charge in [-0.15, -0.1) is 0 Å². The number of aromatic nitrogens is 2. The molecule has 0 fully saturated rings. The first-order chi connectivity index (χ1) is 12.6. The van der Waals surface area contributed by atoms with Gasteiger partial charge in [0.25, 0.3) is 0 Å². The van der Waals surface area contributed by atoms with Crippen LogP contribution < -0.4 is 4.57 Å². The van der Waals surface area contributed by atoms with Crippen molar-refractivity contribution >= 4 is 63.4 Å². The van der Waals surface area contributed by atoms with E-state index >= 15 is 8.63 Å². The second kappa shape index (κ2) is 6.23. The molecule has 0 spiro atoms. The summed E-state index contributed by atoms with van der Waals surface area (Å²) in [5.74, 6) is 0. The monoisotopic (exact) mass is 592 g/mol. The van der Waals surface area contributed by atoms with Crippen molar-refractivity contribution in [1.82, 2.24) is 4.48 Å². The van der Waals surface area contributed by atoms with Crippen molar-refractivity contribution < 1.29 is 17.7 Å². The molecule has 2 aliphatic rings. The van der Waals surface area contributed by atoms with Crippen LogP contribution in [-0.2, 0) is 7.05 Å². The van der Waals surface area contributed by atoms with Gasteiger partial charge in [0.2, 0.25) is 0 Å². The van der Waals surface area contributed by atoms with Crippen LogP contribution in [0, 0.1) is 17.4 Å². The fourth-order valence-corrected chi connectivity index (χ4v) is 5.25. The van der Waals surface area contributed by atoms with Crippen molar-refractivity contribution in [2.45, 2.75) is 27.7 Å². The van der Waals surface area contributed by atoms with Gasteiger partial charge in [-0.1, -0.05) is 0 Å². The highest BCUT2D eigenvalue weighted by Crippen LogP contribution is 2.47. The number of allylic oxidation sites excluding steroid dienone is 2. The van der Waals surface area contributed by atoms with Crippen molar-refractivity contribution in [3.63, 3.8) is 0 Å². The Kier molecular flexibility index (Phi) is 4.45. The van der Waals surface area contributed by atoms with Crippen LogP contribution in [0.4, 0.5) is 8.63 Å². The minimum absolute atomic E-state index is 0.624. The number of halogens is 4. The number of hydrogen-bond acceptors (Lipinski definition) is 0. The van der Waals surface area contributed by atoms with E-state index in [4.69, 9.17) is 0 Å². The molecule has 3 nitrogen and oxygen atoms in total. The smallest absolute Gasteiger partial charge is 0.392 e. The first-order valence-corrected chi connectivity index (χ1v) is 10.8. The Morgan fingerprint density at radius 1 is 1.04 bits per heavy atom. The van der Waals surface area contributed by atoms with Crippen molar-refractivity contribution in [2.75, 3.05) is 0 Å². The topological polar surface area (TPSA) is 11.8 Å². The predicted octanol–water partition coefficient (Wildman–Crippen LogP) is 4.73. The van der Waals surface area contributed by atoms with Gasteiger partial charge in [0.05, 0.1) is 9.15 Å². The van der Waals surface area contributed by atoms with Crippen molar-refractivity contribution in [2.24, 2.45) is 7.05 Å². The molecule has 4 heterocycles. The van der Waals surface area contributed by atoms with Gasteiger partial charge in [0, 0.05) is 39.5 Å². The normalized spacial score (nSPS) is 18.4. The lowest BCUT2D eigenvalue weighted by molar-refractivity contribution is -0.671. The zero-order valence-corrected chi connectivity index (χ0v) is 20.1. The fraction of sp³-hybridized carbons (Fsp3) is 0.263. The number of rotatable bonds is 1. The van der Waals surface area contributed by atoms with Gasteiger partial charge in [-0.2, -0.15) is 0 Å². The van der Waals surface area contributed by atoms with E-state index in [0.29, 0.717) is 22.8 Å². The van der Waals surface area contributed by atoms with Gasteiger partial charge in [0.15, 0.2) is 18.1 Å². The van der Waals surface area contributed by atoms with Crippen molar-refractivity contribution in [1.29, 1.82) is 0 Å². The van der Waals surface area contributed by atoms with E-state index in [1.54, 1.807) is 13.8 Å². The summed E-state index contributed by atoms with van der Waals surface area (Å²) in [7, 11) is 1.95. The van der Waals surface area contributed by atoms with E-state index in [1.165, 1.54) is 8.96 Å². The van der Waals surface area contributed by atoms with E-state index in [-0.39, 0.29) is 0 Å². The summed E-state index contributed by atoms with van der Waals surface area (Å²) in [5, 5.41) is 0. The molecule has 0 aliphatic carbocycles. The number of aryl methyl sites for hydroxylation is 1. The predicted molar refractivity (Wildman–Crippen MR) is 121 cm³/mol. The molecule has 0 aromatic carbocycles. The molecule has 8 heteroatoms. The van der Waals surface area contributed by atoms with E-state index in [1.807, 2.05) is 50.0 Å². The molecule has 140 valence electrons. The molecule has 2 aromatic heterocycles. The first kappa shape index (κ1) is 19.3. The van der Waals surface area contributed by atoms with Crippen molar-refractivity contribution in [3.05, 3.63) is 65.5 Å². The van der Waals surface area contributed by atoms with Crippen LogP contribution in [0.15, 0.2) is 39.4 Å². The van der Waals surface area contributed by atoms with E-state index in [9.17, 15) is 0 Å². The Hall–Kier alpha value is -1.04.